The van der Waals surface area contributed by atoms with Crippen molar-refractivity contribution in [2.75, 3.05) is 43.7 Å². The lowest BCUT2D eigenvalue weighted by atomic mass is 10.1. The van der Waals surface area contributed by atoms with E-state index in [-0.39, 0.29) is 17.6 Å². The van der Waals surface area contributed by atoms with Gasteiger partial charge in [-0.3, -0.25) is 10.1 Å². The average Bonchev–Trinajstić information content (AvgIpc) is 3.28. The average molecular weight is 425 g/mol. The van der Waals surface area contributed by atoms with Crippen molar-refractivity contribution in [3.63, 3.8) is 0 Å². The van der Waals surface area contributed by atoms with Crippen molar-refractivity contribution in [3.8, 4) is 17.3 Å². The topological polar surface area (TPSA) is 141 Å². The smallest absolute Gasteiger partial charge is 0.322 e. The first-order chi connectivity index (χ1) is 15.1. The van der Waals surface area contributed by atoms with Gasteiger partial charge >= 0.3 is 6.01 Å². The molecule has 3 aromatic rings. The minimum atomic E-state index is -0.451. The summed E-state index contributed by atoms with van der Waals surface area (Å²) < 4.78 is 16.2. The van der Waals surface area contributed by atoms with E-state index in [0.717, 1.165) is 0 Å². The number of non-ortho nitro benzene ring substituents is 1. The fraction of sp³-hybridized carbons (Fsp3) is 0.263. The molecule has 160 valence electrons. The van der Waals surface area contributed by atoms with Gasteiger partial charge in [0.2, 0.25) is 5.95 Å². The Bertz CT molecular complexity index is 1090. The second kappa shape index (κ2) is 9.17. The summed E-state index contributed by atoms with van der Waals surface area (Å²) in [7, 11) is 1.48. The number of rotatable bonds is 7. The number of nitro benzene ring substituents is 1. The van der Waals surface area contributed by atoms with Crippen molar-refractivity contribution in [1.29, 1.82) is 0 Å². The minimum Gasteiger partial charge on any atom is -0.467 e. The van der Waals surface area contributed by atoms with Crippen molar-refractivity contribution < 1.29 is 18.8 Å². The van der Waals surface area contributed by atoms with E-state index in [1.165, 1.54) is 25.5 Å². The maximum atomic E-state index is 10.9. The lowest BCUT2D eigenvalue weighted by molar-refractivity contribution is -0.384. The molecule has 0 atom stereocenters. The number of anilines is 2. The van der Waals surface area contributed by atoms with Crippen LogP contribution in [0.25, 0.3) is 11.3 Å². The second-order valence-corrected chi connectivity index (χ2v) is 6.42. The summed E-state index contributed by atoms with van der Waals surface area (Å²) in [5.74, 6) is 1.62. The largest absolute Gasteiger partial charge is 0.467 e. The van der Waals surface area contributed by atoms with Gasteiger partial charge in [-0.25, -0.2) is 5.43 Å². The highest BCUT2D eigenvalue weighted by molar-refractivity contribution is 5.78. The van der Waals surface area contributed by atoms with Gasteiger partial charge in [0.1, 0.15) is 11.5 Å². The molecule has 0 bridgehead atoms. The number of ether oxygens (including phenoxy) is 2. The number of nitro groups is 1. The molecule has 12 nitrogen and oxygen atoms in total. The summed E-state index contributed by atoms with van der Waals surface area (Å²) in [6.45, 7) is 2.53. The molecule has 1 fully saturated rings. The van der Waals surface area contributed by atoms with E-state index in [1.54, 1.807) is 24.3 Å². The van der Waals surface area contributed by atoms with Crippen LogP contribution in [0.3, 0.4) is 0 Å². The van der Waals surface area contributed by atoms with Crippen LogP contribution in [0.4, 0.5) is 17.6 Å². The second-order valence-electron chi connectivity index (χ2n) is 6.42. The van der Waals surface area contributed by atoms with Crippen molar-refractivity contribution in [1.82, 2.24) is 15.0 Å². The van der Waals surface area contributed by atoms with Crippen molar-refractivity contribution >= 4 is 23.8 Å². The molecule has 2 aromatic heterocycles. The van der Waals surface area contributed by atoms with Gasteiger partial charge in [0.05, 0.1) is 31.5 Å². The first-order valence-corrected chi connectivity index (χ1v) is 9.39. The molecule has 0 aliphatic carbocycles. The van der Waals surface area contributed by atoms with E-state index < -0.39 is 4.92 Å². The Morgan fingerprint density at radius 3 is 2.84 bits per heavy atom. The third kappa shape index (κ3) is 4.93. The van der Waals surface area contributed by atoms with Gasteiger partial charge < -0.3 is 18.8 Å². The number of morpholine rings is 1. The van der Waals surface area contributed by atoms with Crippen LogP contribution in [0.1, 0.15) is 5.76 Å². The molecule has 1 aliphatic heterocycles. The monoisotopic (exact) mass is 425 g/mol. The third-order valence-electron chi connectivity index (χ3n) is 4.40. The molecule has 12 heteroatoms. The fourth-order valence-electron chi connectivity index (χ4n) is 2.90. The number of hydrazone groups is 1. The number of hydrogen-bond donors (Lipinski definition) is 1. The van der Waals surface area contributed by atoms with Crippen LogP contribution in [0.5, 0.6) is 6.01 Å². The SMILES string of the molecule is COc1nc(N/N=C\c2ccc(-c3cccc([N+](=O)[O-])c3)o2)nc(N2CCOCC2)n1. The molecular formula is C19H19N7O5. The Morgan fingerprint density at radius 1 is 1.23 bits per heavy atom. The highest BCUT2D eigenvalue weighted by atomic mass is 16.6. The summed E-state index contributed by atoms with van der Waals surface area (Å²) in [4.78, 5) is 25.2. The molecule has 1 aliphatic rings. The van der Waals surface area contributed by atoms with E-state index in [1.807, 2.05) is 4.90 Å². The zero-order valence-corrected chi connectivity index (χ0v) is 16.6. The van der Waals surface area contributed by atoms with Gasteiger partial charge in [-0.05, 0) is 12.1 Å². The summed E-state index contributed by atoms with van der Waals surface area (Å²) in [6.07, 6.45) is 1.45. The summed E-state index contributed by atoms with van der Waals surface area (Å²) in [6, 6.07) is 9.78. The van der Waals surface area contributed by atoms with E-state index in [2.05, 4.69) is 25.5 Å². The van der Waals surface area contributed by atoms with Crippen LogP contribution in [-0.2, 0) is 4.74 Å². The predicted octanol–water partition coefficient (Wildman–Crippen LogP) is 2.33. The van der Waals surface area contributed by atoms with Gasteiger partial charge in [-0.15, -0.1) is 0 Å². The number of methoxy groups -OCH3 is 1. The van der Waals surface area contributed by atoms with Gasteiger partial charge in [0.15, 0.2) is 0 Å². The Balaban J connectivity index is 1.46. The van der Waals surface area contributed by atoms with Crippen LogP contribution in [0.15, 0.2) is 45.9 Å². The number of benzene rings is 1. The predicted molar refractivity (Wildman–Crippen MR) is 111 cm³/mol. The first kappa shape index (κ1) is 20.2. The molecule has 1 N–H and O–H groups in total. The molecule has 1 saturated heterocycles. The molecule has 0 saturated carbocycles. The van der Waals surface area contributed by atoms with Gasteiger partial charge in [0.25, 0.3) is 11.6 Å². The highest BCUT2D eigenvalue weighted by Crippen LogP contribution is 2.25. The quantitative estimate of drug-likeness (QED) is 0.340. The minimum absolute atomic E-state index is 0.00867. The van der Waals surface area contributed by atoms with Crippen LogP contribution in [0, 0.1) is 10.1 Å². The first-order valence-electron chi connectivity index (χ1n) is 9.39. The molecule has 0 spiro atoms. The van der Waals surface area contributed by atoms with E-state index in [4.69, 9.17) is 13.9 Å². The normalized spacial score (nSPS) is 14.0. The van der Waals surface area contributed by atoms with Crippen LogP contribution >= 0.6 is 0 Å². The number of nitrogens with zero attached hydrogens (tertiary/aromatic N) is 6. The summed E-state index contributed by atoms with van der Waals surface area (Å²) in [5.41, 5.74) is 3.33. The zero-order valence-electron chi connectivity index (χ0n) is 16.6. The molecule has 3 heterocycles. The van der Waals surface area contributed by atoms with Crippen LogP contribution in [0.2, 0.25) is 0 Å². The number of nitrogens with one attached hydrogen (secondary N) is 1. The van der Waals surface area contributed by atoms with Gasteiger partial charge in [-0.2, -0.15) is 20.1 Å². The molecule has 0 amide bonds. The lowest BCUT2D eigenvalue weighted by Gasteiger charge is -2.26. The van der Waals surface area contributed by atoms with Gasteiger partial charge in [-0.1, -0.05) is 12.1 Å². The molecular weight excluding hydrogens is 406 g/mol. The lowest BCUT2D eigenvalue weighted by Crippen LogP contribution is -2.37. The maximum Gasteiger partial charge on any atom is 0.322 e. The zero-order chi connectivity index (χ0) is 21.6. The number of furan rings is 1. The van der Waals surface area contributed by atoms with Crippen molar-refractivity contribution in [2.24, 2.45) is 5.10 Å². The van der Waals surface area contributed by atoms with E-state index in [9.17, 15) is 10.1 Å². The molecule has 4 rings (SSSR count). The van der Waals surface area contributed by atoms with Crippen LogP contribution in [-0.4, -0.2) is 59.5 Å². The van der Waals surface area contributed by atoms with Gasteiger partial charge in [0, 0.05) is 30.8 Å². The third-order valence-corrected chi connectivity index (χ3v) is 4.40. The maximum absolute atomic E-state index is 10.9. The standard InChI is InChI=1S/C19H19N7O5/c1-29-19-22-17(21-18(23-19)25-7-9-30-10-8-25)24-20-12-15-5-6-16(31-15)13-3-2-4-14(11-13)26(27)28/h2-6,11-12H,7-10H2,1H3,(H,21,22,23,24)/b20-12-. The molecule has 0 radical (unpaired) electrons. The summed E-state index contributed by atoms with van der Waals surface area (Å²) >= 11 is 0. The number of aromatic nitrogens is 3. The molecule has 31 heavy (non-hydrogen) atoms. The van der Waals surface area contributed by atoms with Crippen molar-refractivity contribution in [2.45, 2.75) is 0 Å². The number of hydrogen-bond acceptors (Lipinski definition) is 11. The van der Waals surface area contributed by atoms with Crippen molar-refractivity contribution in [3.05, 3.63) is 52.3 Å². The Hall–Kier alpha value is -4.06. The molecule has 1 aromatic carbocycles. The Labute approximate surface area is 176 Å². The van der Waals surface area contributed by atoms with Crippen LogP contribution < -0.4 is 15.1 Å². The fourth-order valence-corrected chi connectivity index (χ4v) is 2.90. The Morgan fingerprint density at radius 2 is 2.06 bits per heavy atom. The Kier molecular flexibility index (Phi) is 5.98. The molecule has 0 unspecified atom stereocenters. The highest BCUT2D eigenvalue weighted by Gasteiger charge is 2.17. The van der Waals surface area contributed by atoms with E-state index >= 15 is 0 Å². The summed E-state index contributed by atoms with van der Waals surface area (Å²) in [5, 5.41) is 15.0. The van der Waals surface area contributed by atoms with E-state index in [0.29, 0.717) is 49.3 Å².